The minimum atomic E-state index is 0.0922. The van der Waals surface area contributed by atoms with Gasteiger partial charge in [0.05, 0.1) is 0 Å². The first-order chi connectivity index (χ1) is 7.63. The number of nitrogens with two attached hydrogens (primary N) is 1. The molecule has 1 aromatic carbocycles. The van der Waals surface area contributed by atoms with E-state index in [1.54, 1.807) is 0 Å². The number of halogens is 1. The molecule has 5 heteroatoms. The fourth-order valence-electron chi connectivity index (χ4n) is 1.19. The molecule has 2 rings (SSSR count). The van der Waals surface area contributed by atoms with Crippen LogP contribution in [0.1, 0.15) is 5.56 Å². The SMILES string of the molecule is Cc1ccc(Oc2cc(Cl)nc(N)n2)cc1. The second-order valence-corrected chi connectivity index (χ2v) is 3.69. The zero-order chi connectivity index (χ0) is 11.5. The third kappa shape index (κ3) is 2.61. The molecule has 0 aliphatic carbocycles. The number of hydrogen-bond donors (Lipinski definition) is 1. The first kappa shape index (κ1) is 10.7. The van der Waals surface area contributed by atoms with Crippen molar-refractivity contribution in [2.75, 3.05) is 5.73 Å². The Kier molecular flexibility index (Phi) is 2.92. The highest BCUT2D eigenvalue weighted by molar-refractivity contribution is 6.29. The molecule has 0 saturated heterocycles. The van der Waals surface area contributed by atoms with E-state index in [2.05, 4.69) is 9.97 Å². The minimum absolute atomic E-state index is 0.0922. The largest absolute Gasteiger partial charge is 0.439 e. The lowest BCUT2D eigenvalue weighted by Crippen LogP contribution is -1.97. The van der Waals surface area contributed by atoms with Gasteiger partial charge in [-0.1, -0.05) is 29.3 Å². The molecule has 0 atom stereocenters. The number of aromatic nitrogens is 2. The summed E-state index contributed by atoms with van der Waals surface area (Å²) in [4.78, 5) is 7.65. The van der Waals surface area contributed by atoms with Crippen LogP contribution >= 0.6 is 11.6 Å². The zero-order valence-corrected chi connectivity index (χ0v) is 9.40. The van der Waals surface area contributed by atoms with E-state index in [9.17, 15) is 0 Å². The third-order valence-corrected chi connectivity index (χ3v) is 2.13. The quantitative estimate of drug-likeness (QED) is 0.813. The lowest BCUT2D eigenvalue weighted by Gasteiger charge is -2.05. The second-order valence-electron chi connectivity index (χ2n) is 3.30. The van der Waals surface area contributed by atoms with Crippen LogP contribution in [0.15, 0.2) is 30.3 Å². The highest BCUT2D eigenvalue weighted by atomic mass is 35.5. The molecule has 0 saturated carbocycles. The summed E-state index contributed by atoms with van der Waals surface area (Å²) in [6.45, 7) is 2.00. The third-order valence-electron chi connectivity index (χ3n) is 1.93. The summed E-state index contributed by atoms with van der Waals surface area (Å²) in [5, 5.41) is 0.259. The van der Waals surface area contributed by atoms with Crippen LogP contribution in [0.4, 0.5) is 5.95 Å². The molecule has 1 heterocycles. The van der Waals surface area contributed by atoms with Crippen LogP contribution in [0, 0.1) is 6.92 Å². The highest BCUT2D eigenvalue weighted by Crippen LogP contribution is 2.22. The predicted octanol–water partition coefficient (Wildman–Crippen LogP) is 2.81. The summed E-state index contributed by atoms with van der Waals surface area (Å²) in [7, 11) is 0. The minimum Gasteiger partial charge on any atom is -0.439 e. The Morgan fingerprint density at radius 3 is 2.50 bits per heavy atom. The molecule has 0 amide bonds. The van der Waals surface area contributed by atoms with Gasteiger partial charge < -0.3 is 10.5 Å². The van der Waals surface area contributed by atoms with Gasteiger partial charge in [-0.3, -0.25) is 0 Å². The van der Waals surface area contributed by atoms with Gasteiger partial charge in [-0.15, -0.1) is 0 Å². The van der Waals surface area contributed by atoms with E-state index in [1.165, 1.54) is 6.07 Å². The van der Waals surface area contributed by atoms with E-state index in [0.29, 0.717) is 11.6 Å². The number of ether oxygens (including phenoxy) is 1. The average molecular weight is 236 g/mol. The van der Waals surface area contributed by atoms with Gasteiger partial charge in [-0.05, 0) is 19.1 Å². The summed E-state index contributed by atoms with van der Waals surface area (Å²) < 4.78 is 5.48. The van der Waals surface area contributed by atoms with Gasteiger partial charge in [0.1, 0.15) is 10.9 Å². The van der Waals surface area contributed by atoms with Crippen LogP contribution in [-0.2, 0) is 0 Å². The van der Waals surface area contributed by atoms with Crippen molar-refractivity contribution in [3.8, 4) is 11.6 Å². The number of anilines is 1. The van der Waals surface area contributed by atoms with Crippen LogP contribution in [0.5, 0.6) is 11.6 Å². The maximum absolute atomic E-state index is 5.73. The van der Waals surface area contributed by atoms with Crippen LogP contribution in [0.25, 0.3) is 0 Å². The van der Waals surface area contributed by atoms with Gasteiger partial charge in [0.15, 0.2) is 0 Å². The number of hydrogen-bond acceptors (Lipinski definition) is 4. The van der Waals surface area contributed by atoms with Crippen molar-refractivity contribution in [3.63, 3.8) is 0 Å². The van der Waals surface area contributed by atoms with E-state index < -0.39 is 0 Å². The molecule has 1 aromatic heterocycles. The summed E-state index contributed by atoms with van der Waals surface area (Å²) in [6.07, 6.45) is 0. The molecule has 2 N–H and O–H groups in total. The molecule has 0 aliphatic rings. The second kappa shape index (κ2) is 4.37. The Morgan fingerprint density at radius 1 is 1.19 bits per heavy atom. The summed E-state index contributed by atoms with van der Waals surface area (Å²) >= 11 is 5.73. The first-order valence-electron chi connectivity index (χ1n) is 4.68. The van der Waals surface area contributed by atoms with Gasteiger partial charge in [0.2, 0.25) is 11.8 Å². The van der Waals surface area contributed by atoms with Crippen molar-refractivity contribution in [3.05, 3.63) is 41.0 Å². The number of nitrogens with zero attached hydrogens (tertiary/aromatic N) is 2. The van der Waals surface area contributed by atoms with Crippen LogP contribution in [0.3, 0.4) is 0 Å². The molecule has 0 bridgehead atoms. The van der Waals surface area contributed by atoms with E-state index in [-0.39, 0.29) is 11.1 Å². The maximum atomic E-state index is 5.73. The van der Waals surface area contributed by atoms with E-state index in [0.717, 1.165) is 5.56 Å². The molecule has 0 aliphatic heterocycles. The molecule has 0 radical (unpaired) electrons. The number of aryl methyl sites for hydroxylation is 1. The van der Waals surface area contributed by atoms with Crippen molar-refractivity contribution in [1.82, 2.24) is 9.97 Å². The molecule has 16 heavy (non-hydrogen) atoms. The van der Waals surface area contributed by atoms with Gasteiger partial charge in [-0.25, -0.2) is 4.98 Å². The fourth-order valence-corrected chi connectivity index (χ4v) is 1.37. The normalized spacial score (nSPS) is 10.1. The van der Waals surface area contributed by atoms with Crippen LogP contribution in [0.2, 0.25) is 5.15 Å². The Morgan fingerprint density at radius 2 is 1.88 bits per heavy atom. The molecular weight excluding hydrogens is 226 g/mol. The lowest BCUT2D eigenvalue weighted by atomic mass is 10.2. The van der Waals surface area contributed by atoms with E-state index in [4.69, 9.17) is 22.1 Å². The maximum Gasteiger partial charge on any atom is 0.225 e. The monoisotopic (exact) mass is 235 g/mol. The lowest BCUT2D eigenvalue weighted by molar-refractivity contribution is 0.462. The van der Waals surface area contributed by atoms with Crippen molar-refractivity contribution in [1.29, 1.82) is 0 Å². The summed E-state index contributed by atoms with van der Waals surface area (Å²) in [5.41, 5.74) is 6.61. The topological polar surface area (TPSA) is 61.0 Å². The fraction of sp³-hybridized carbons (Fsp3) is 0.0909. The zero-order valence-electron chi connectivity index (χ0n) is 8.64. The predicted molar refractivity (Wildman–Crippen MR) is 62.7 cm³/mol. The molecule has 4 nitrogen and oxygen atoms in total. The number of benzene rings is 1. The highest BCUT2D eigenvalue weighted by Gasteiger charge is 2.02. The Hall–Kier alpha value is -1.81. The van der Waals surface area contributed by atoms with Crippen molar-refractivity contribution in [2.24, 2.45) is 0 Å². The number of nitrogen functional groups attached to an aromatic ring is 1. The van der Waals surface area contributed by atoms with E-state index in [1.807, 2.05) is 31.2 Å². The summed E-state index contributed by atoms with van der Waals surface area (Å²) in [6, 6.07) is 9.10. The molecule has 82 valence electrons. The first-order valence-corrected chi connectivity index (χ1v) is 5.06. The standard InChI is InChI=1S/C11H10ClN3O/c1-7-2-4-8(5-3-7)16-10-6-9(12)14-11(13)15-10/h2-6H,1H3,(H2,13,14,15). The van der Waals surface area contributed by atoms with Gasteiger partial charge in [0.25, 0.3) is 0 Å². The van der Waals surface area contributed by atoms with Gasteiger partial charge in [-0.2, -0.15) is 4.98 Å². The van der Waals surface area contributed by atoms with Crippen molar-refractivity contribution >= 4 is 17.5 Å². The van der Waals surface area contributed by atoms with Gasteiger partial charge >= 0.3 is 0 Å². The smallest absolute Gasteiger partial charge is 0.225 e. The molecule has 2 aromatic rings. The van der Waals surface area contributed by atoms with Crippen LogP contribution < -0.4 is 10.5 Å². The number of rotatable bonds is 2. The van der Waals surface area contributed by atoms with Crippen molar-refractivity contribution in [2.45, 2.75) is 6.92 Å². The Balaban J connectivity index is 2.23. The molecule has 0 spiro atoms. The molecule has 0 fully saturated rings. The van der Waals surface area contributed by atoms with Crippen molar-refractivity contribution < 1.29 is 4.74 Å². The molecule has 0 unspecified atom stereocenters. The average Bonchev–Trinajstić information content (AvgIpc) is 2.20. The summed E-state index contributed by atoms with van der Waals surface area (Å²) in [5.74, 6) is 1.11. The van der Waals surface area contributed by atoms with Crippen LogP contribution in [-0.4, -0.2) is 9.97 Å². The van der Waals surface area contributed by atoms with Gasteiger partial charge in [0, 0.05) is 6.07 Å². The Labute approximate surface area is 98.0 Å². The van der Waals surface area contributed by atoms with E-state index >= 15 is 0 Å². The Bertz CT molecular complexity index is 479. The molecular formula is C11H10ClN3O.